The second kappa shape index (κ2) is 6.85. The van der Waals surface area contributed by atoms with Gasteiger partial charge in [-0.2, -0.15) is 11.8 Å². The topological polar surface area (TPSA) is 20.2 Å². The van der Waals surface area contributed by atoms with E-state index in [4.69, 9.17) is 5.11 Å². The maximum atomic E-state index is 9.93. The fourth-order valence-corrected chi connectivity index (χ4v) is 2.41. The molecule has 0 heterocycles. The van der Waals surface area contributed by atoms with Crippen LogP contribution in [-0.2, 0) is 11.5 Å². The molecule has 1 N–H and O–H groups in total. The van der Waals surface area contributed by atoms with E-state index in [0.717, 1.165) is 11.5 Å². The first kappa shape index (κ1) is 20.0. The van der Waals surface area contributed by atoms with Crippen LogP contribution in [0.2, 0.25) is 0 Å². The van der Waals surface area contributed by atoms with E-state index in [0.29, 0.717) is 5.75 Å². The SMILES string of the molecule is Oc1ccc(CSCc2ccccc2)cc1.[F][Sb-]([F])([F])([F])([F])[F].[H+]. The smallest absolute Gasteiger partial charge is 1.00 e. The number of benzene rings is 2. The van der Waals surface area contributed by atoms with Crippen LogP contribution in [0.3, 0.4) is 0 Å². The third-order valence-corrected chi connectivity index (χ3v) is 3.39. The van der Waals surface area contributed by atoms with Gasteiger partial charge in [0.15, 0.2) is 0 Å². The fraction of sp³-hybridized carbons (Fsp3) is 0.143. The number of thioether (sulfide) groups is 1. The van der Waals surface area contributed by atoms with Gasteiger partial charge in [0, 0.05) is 11.5 Å². The number of hydrogen-bond donors (Lipinski definition) is 1. The van der Waals surface area contributed by atoms with E-state index in [9.17, 15) is 16.9 Å². The summed E-state index contributed by atoms with van der Waals surface area (Å²) in [5.74, 6) is 2.34. The number of phenolic OH excluding ortho intramolecular Hbond substituents is 1. The Hall–Kier alpha value is -1.01. The van der Waals surface area contributed by atoms with E-state index in [1.165, 1.54) is 11.1 Å². The van der Waals surface area contributed by atoms with Gasteiger partial charge in [0.25, 0.3) is 0 Å². The van der Waals surface area contributed by atoms with Crippen molar-refractivity contribution >= 4 is 31.2 Å². The van der Waals surface area contributed by atoms with Gasteiger partial charge in [0.1, 0.15) is 5.75 Å². The summed E-state index contributed by atoms with van der Waals surface area (Å²) in [7, 11) is 0. The van der Waals surface area contributed by atoms with Crippen molar-refractivity contribution in [3.63, 3.8) is 0 Å². The average molecular weight is 467 g/mol. The van der Waals surface area contributed by atoms with Crippen molar-refractivity contribution in [2.75, 3.05) is 0 Å². The Morgan fingerprint density at radius 2 is 1.13 bits per heavy atom. The zero-order chi connectivity index (χ0) is 17.6. The van der Waals surface area contributed by atoms with Gasteiger partial charge < -0.3 is 5.11 Å². The number of phenols is 1. The monoisotopic (exact) mass is 466 g/mol. The van der Waals surface area contributed by atoms with Gasteiger partial charge >= 0.3 is 37.8 Å². The van der Waals surface area contributed by atoms with Gasteiger partial charge in [-0.05, 0) is 23.3 Å². The van der Waals surface area contributed by atoms with Gasteiger partial charge in [0.05, 0.1) is 0 Å². The summed E-state index contributed by atoms with van der Waals surface area (Å²) in [6, 6.07) is 17.9. The summed E-state index contributed by atoms with van der Waals surface area (Å²) in [5, 5.41) is 9.15. The summed E-state index contributed by atoms with van der Waals surface area (Å²) < 4.78 is 59.6. The Balaban J connectivity index is 0.000000570. The van der Waals surface area contributed by atoms with E-state index < -0.39 is 19.5 Å². The molecule has 0 radical (unpaired) electrons. The van der Waals surface area contributed by atoms with Crippen LogP contribution < -0.4 is 0 Å². The molecule has 0 aliphatic heterocycles. The zero-order valence-electron chi connectivity index (χ0n) is 12.7. The molecule has 0 spiro atoms. The van der Waals surface area contributed by atoms with Crippen molar-refractivity contribution in [2.45, 2.75) is 11.5 Å². The van der Waals surface area contributed by atoms with Crippen molar-refractivity contribution in [1.29, 1.82) is 0 Å². The average Bonchev–Trinajstić information content (AvgIpc) is 2.39. The number of aromatic hydroxyl groups is 1. The van der Waals surface area contributed by atoms with Crippen molar-refractivity contribution in [3.8, 4) is 5.75 Å². The Bertz CT molecular complexity index is 607. The molecule has 2 rings (SSSR count). The quantitative estimate of drug-likeness (QED) is 0.435. The molecule has 2 aromatic carbocycles. The minimum Gasteiger partial charge on any atom is 1.00 e. The molecule has 2 aromatic rings. The molecule has 0 aliphatic rings. The molecule has 23 heavy (non-hydrogen) atoms. The van der Waals surface area contributed by atoms with Crippen molar-refractivity contribution in [2.24, 2.45) is 0 Å². The number of hydrogen-bond acceptors (Lipinski definition) is 2. The molecule has 0 saturated carbocycles. The number of halogens is 6. The first-order valence-corrected chi connectivity index (χ1v) is 13.2. The molecular weight excluding hydrogens is 452 g/mol. The molecule has 0 aliphatic carbocycles. The summed E-state index contributed by atoms with van der Waals surface area (Å²) in [5.41, 5.74) is 2.60. The number of rotatable bonds is 4. The van der Waals surface area contributed by atoms with Gasteiger partial charge in [-0.1, -0.05) is 42.5 Å². The van der Waals surface area contributed by atoms with Crippen LogP contribution in [0.15, 0.2) is 54.6 Å². The molecule has 1 nitrogen and oxygen atoms in total. The minimum absolute atomic E-state index is 0. The van der Waals surface area contributed by atoms with E-state index >= 15 is 0 Å². The third-order valence-electron chi connectivity index (χ3n) is 2.32. The van der Waals surface area contributed by atoms with Crippen LogP contribution in [0.5, 0.6) is 5.75 Å². The second-order valence-electron chi connectivity index (χ2n) is 4.60. The Morgan fingerprint density at radius 1 is 0.739 bits per heavy atom. The standard InChI is InChI=1S/C14H14OS.6FH.Sb/c15-14-8-6-13(7-9-14)11-16-10-12-4-2-1-3-5-12;;;;;;;/h1-9,15H,10-11H2;6*1H;/q;;;;;;;+5/p-5. The molecule has 0 saturated heterocycles. The van der Waals surface area contributed by atoms with Crippen LogP contribution >= 0.6 is 11.8 Å². The summed E-state index contributed by atoms with van der Waals surface area (Å²) in [6.45, 7) is 0. The minimum atomic E-state index is -11.2. The Kier molecular flexibility index (Phi) is 5.97. The van der Waals surface area contributed by atoms with Crippen LogP contribution in [0, 0.1) is 0 Å². The Labute approximate surface area is 137 Å². The van der Waals surface area contributed by atoms with Crippen molar-refractivity contribution in [1.82, 2.24) is 0 Å². The molecule has 0 unspecified atom stereocenters. The molecule has 0 atom stereocenters. The predicted molar refractivity (Wildman–Crippen MR) is 83.1 cm³/mol. The third kappa shape index (κ3) is 14.3. The van der Waals surface area contributed by atoms with Gasteiger partial charge in [-0.25, -0.2) is 0 Å². The molecule has 0 amide bonds. The first-order chi connectivity index (χ1) is 10.3. The van der Waals surface area contributed by atoms with Crippen LogP contribution in [0.4, 0.5) is 16.9 Å². The van der Waals surface area contributed by atoms with Crippen LogP contribution in [0.1, 0.15) is 12.6 Å². The fourth-order valence-electron chi connectivity index (χ4n) is 1.45. The maximum Gasteiger partial charge on any atom is 1.00 e. The van der Waals surface area contributed by atoms with E-state index in [-0.39, 0.29) is 1.43 Å². The molecule has 0 bridgehead atoms. The summed E-state index contributed by atoms with van der Waals surface area (Å²) in [6.07, 6.45) is 0. The van der Waals surface area contributed by atoms with Crippen molar-refractivity contribution < 1.29 is 23.4 Å². The van der Waals surface area contributed by atoms with Crippen LogP contribution in [0.25, 0.3) is 0 Å². The first-order valence-electron chi connectivity index (χ1n) is 6.25. The predicted octanol–water partition coefficient (Wildman–Crippen LogP) is 6.08. The summed E-state index contributed by atoms with van der Waals surface area (Å²) >= 11 is -9.37. The van der Waals surface area contributed by atoms with Crippen molar-refractivity contribution in [3.05, 3.63) is 65.7 Å². The molecule has 0 aromatic heterocycles. The van der Waals surface area contributed by atoms with Gasteiger partial charge in [0.2, 0.25) is 0 Å². The Morgan fingerprint density at radius 3 is 1.57 bits per heavy atom. The molecule has 0 fully saturated rings. The van der Waals surface area contributed by atoms with E-state index in [1.54, 1.807) is 12.1 Å². The second-order valence-corrected chi connectivity index (χ2v) is 11.1. The summed E-state index contributed by atoms with van der Waals surface area (Å²) in [4.78, 5) is 0. The van der Waals surface area contributed by atoms with E-state index in [2.05, 4.69) is 24.3 Å². The van der Waals surface area contributed by atoms with Gasteiger partial charge in [-0.3, -0.25) is 0 Å². The largest absolute Gasteiger partial charge is 1.00 e. The normalized spacial score (nSPS) is 14.2. The van der Waals surface area contributed by atoms with E-state index in [1.807, 2.05) is 30.0 Å². The zero-order valence-corrected chi connectivity index (χ0v) is 15.1. The molecule has 130 valence electrons. The van der Waals surface area contributed by atoms with Gasteiger partial charge in [-0.15, -0.1) is 0 Å². The molecular formula is C14H15F6OSSb. The molecule has 9 heteroatoms. The maximum absolute atomic E-state index is 11.2. The van der Waals surface area contributed by atoms with Crippen LogP contribution in [-0.4, -0.2) is 24.6 Å².